The normalized spacial score (nSPS) is 28.6. The number of hydrogen-bond acceptors (Lipinski definition) is 3. The Labute approximate surface area is 203 Å². The van der Waals surface area contributed by atoms with Gasteiger partial charge in [-0.2, -0.15) is 0 Å². The van der Waals surface area contributed by atoms with Crippen LogP contribution in [0.3, 0.4) is 0 Å². The van der Waals surface area contributed by atoms with Gasteiger partial charge in [-0.25, -0.2) is 0 Å². The first-order valence-corrected chi connectivity index (χ1v) is 13.5. The first-order chi connectivity index (χ1) is 15.5. The van der Waals surface area contributed by atoms with E-state index in [-0.39, 0.29) is 17.4 Å². The third-order valence-corrected chi connectivity index (χ3v) is 9.04. The van der Waals surface area contributed by atoms with Crippen molar-refractivity contribution in [1.82, 2.24) is 5.32 Å². The molecule has 6 atom stereocenters. The summed E-state index contributed by atoms with van der Waals surface area (Å²) in [5, 5.41) is 14.9. The molecule has 0 spiro atoms. The molecule has 0 amide bonds. The van der Waals surface area contributed by atoms with Gasteiger partial charge < -0.3 is 10.8 Å². The van der Waals surface area contributed by atoms with E-state index in [2.05, 4.69) is 78.0 Å². The lowest BCUT2D eigenvalue weighted by atomic mass is 9.59. The molecule has 4 N–H and O–H groups in total. The van der Waals surface area contributed by atoms with Crippen molar-refractivity contribution in [3.05, 3.63) is 46.7 Å². The van der Waals surface area contributed by atoms with Gasteiger partial charge >= 0.3 is 0 Å². The fraction of sp³-hybridized carbons (Fsp3) is 0.733. The van der Waals surface area contributed by atoms with Gasteiger partial charge in [0.25, 0.3) is 0 Å². The van der Waals surface area contributed by atoms with Crippen molar-refractivity contribution in [2.45, 2.75) is 112 Å². The average molecular weight is 455 g/mol. The molecule has 0 radical (unpaired) electrons. The highest BCUT2D eigenvalue weighted by Gasteiger charge is 2.41. The van der Waals surface area contributed by atoms with Crippen molar-refractivity contribution in [2.75, 3.05) is 0 Å². The van der Waals surface area contributed by atoms with E-state index in [0.29, 0.717) is 23.7 Å². The van der Waals surface area contributed by atoms with Crippen LogP contribution in [0.25, 0.3) is 0 Å². The van der Waals surface area contributed by atoms with Crippen molar-refractivity contribution < 1.29 is 5.11 Å². The van der Waals surface area contributed by atoms with Crippen LogP contribution in [0.1, 0.15) is 104 Å². The minimum atomic E-state index is -0.557. The highest BCUT2D eigenvalue weighted by atomic mass is 16.3. The summed E-state index contributed by atoms with van der Waals surface area (Å²) < 4.78 is 0. The minimum Gasteiger partial charge on any atom is -0.402 e. The molecule has 0 bridgehead atoms. The molecule has 3 rings (SSSR count). The fourth-order valence-corrected chi connectivity index (χ4v) is 6.92. The van der Waals surface area contributed by atoms with Crippen LogP contribution in [0.15, 0.2) is 35.5 Å². The number of rotatable bonds is 8. The number of aliphatic hydroxyl groups is 1. The summed E-state index contributed by atoms with van der Waals surface area (Å²) in [7, 11) is 0. The molecule has 2 aliphatic rings. The summed E-state index contributed by atoms with van der Waals surface area (Å²) in [6, 6.07) is 9.49. The highest BCUT2D eigenvalue weighted by Crippen LogP contribution is 2.51. The van der Waals surface area contributed by atoms with E-state index in [9.17, 15) is 5.11 Å². The van der Waals surface area contributed by atoms with Gasteiger partial charge in [-0.15, -0.1) is 0 Å². The fourth-order valence-electron chi connectivity index (χ4n) is 6.92. The van der Waals surface area contributed by atoms with Crippen LogP contribution < -0.4 is 11.1 Å². The Kier molecular flexibility index (Phi) is 8.72. The molecule has 0 aliphatic heterocycles. The Morgan fingerprint density at radius 3 is 2.33 bits per heavy atom. The van der Waals surface area contributed by atoms with E-state index >= 15 is 0 Å². The SMILES string of the molecule is CCC1=C(N)C(C(O)N[C@H](C(C)C)[C@@H](C)C2CCC(c3ccc(C)cc3)C(C)(C)C2)CCC1. The molecule has 0 saturated heterocycles. The van der Waals surface area contributed by atoms with Gasteiger partial charge in [0.15, 0.2) is 0 Å². The summed E-state index contributed by atoms with van der Waals surface area (Å²) in [4.78, 5) is 0. The zero-order chi connectivity index (χ0) is 24.3. The summed E-state index contributed by atoms with van der Waals surface area (Å²) >= 11 is 0. The van der Waals surface area contributed by atoms with E-state index in [1.165, 1.54) is 36.0 Å². The molecule has 0 heterocycles. The monoisotopic (exact) mass is 454 g/mol. The van der Waals surface area contributed by atoms with Gasteiger partial charge in [0.1, 0.15) is 6.23 Å². The van der Waals surface area contributed by atoms with Crippen LogP contribution in [-0.4, -0.2) is 17.4 Å². The Bertz CT molecular complexity index is 794. The summed E-state index contributed by atoms with van der Waals surface area (Å²) in [6.45, 7) is 16.3. The average Bonchev–Trinajstić information content (AvgIpc) is 2.77. The predicted molar refractivity (Wildman–Crippen MR) is 141 cm³/mol. The molecule has 1 saturated carbocycles. The van der Waals surface area contributed by atoms with Gasteiger partial charge in [0.05, 0.1) is 0 Å². The quantitative estimate of drug-likeness (QED) is 0.375. The molecule has 1 aromatic rings. The first-order valence-electron chi connectivity index (χ1n) is 13.5. The summed E-state index contributed by atoms with van der Waals surface area (Å²) in [6.07, 6.45) is 7.39. The number of nitrogens with two attached hydrogens (primary N) is 1. The van der Waals surface area contributed by atoms with Gasteiger partial charge in [-0.3, -0.25) is 5.32 Å². The van der Waals surface area contributed by atoms with E-state index in [0.717, 1.165) is 31.4 Å². The second kappa shape index (κ2) is 11.0. The topological polar surface area (TPSA) is 58.3 Å². The molecule has 1 aromatic carbocycles. The van der Waals surface area contributed by atoms with Crippen molar-refractivity contribution in [2.24, 2.45) is 34.8 Å². The number of allylic oxidation sites excluding steroid dienone is 1. The second-order valence-electron chi connectivity index (χ2n) is 12.1. The summed E-state index contributed by atoms with van der Waals surface area (Å²) in [5.74, 6) is 2.32. The lowest BCUT2D eigenvalue weighted by Gasteiger charge is -2.47. The third kappa shape index (κ3) is 6.03. The maximum atomic E-state index is 11.2. The second-order valence-corrected chi connectivity index (χ2v) is 12.1. The van der Waals surface area contributed by atoms with Crippen LogP contribution >= 0.6 is 0 Å². The Morgan fingerprint density at radius 1 is 1.09 bits per heavy atom. The van der Waals surface area contributed by atoms with Crippen LogP contribution in [0, 0.1) is 36.0 Å². The largest absolute Gasteiger partial charge is 0.402 e. The van der Waals surface area contributed by atoms with Crippen molar-refractivity contribution in [3.63, 3.8) is 0 Å². The van der Waals surface area contributed by atoms with Crippen LogP contribution in [0.5, 0.6) is 0 Å². The zero-order valence-corrected chi connectivity index (χ0v) is 22.3. The Balaban J connectivity index is 1.70. The lowest BCUT2D eigenvalue weighted by Crippen LogP contribution is -2.52. The van der Waals surface area contributed by atoms with Crippen molar-refractivity contribution >= 4 is 0 Å². The van der Waals surface area contributed by atoms with E-state index in [4.69, 9.17) is 5.73 Å². The molecule has 4 unspecified atom stereocenters. The molecule has 2 aliphatic carbocycles. The number of benzene rings is 1. The van der Waals surface area contributed by atoms with Crippen LogP contribution in [0.4, 0.5) is 0 Å². The smallest absolute Gasteiger partial charge is 0.113 e. The third-order valence-electron chi connectivity index (χ3n) is 9.04. The lowest BCUT2D eigenvalue weighted by molar-refractivity contribution is 0.0295. The van der Waals surface area contributed by atoms with Gasteiger partial charge in [-0.05, 0) is 86.5 Å². The first kappa shape index (κ1) is 26.3. The van der Waals surface area contributed by atoms with Crippen LogP contribution in [-0.2, 0) is 0 Å². The van der Waals surface area contributed by atoms with Crippen LogP contribution in [0.2, 0.25) is 0 Å². The van der Waals surface area contributed by atoms with Crippen molar-refractivity contribution in [3.8, 4) is 0 Å². The maximum absolute atomic E-state index is 11.2. The standard InChI is InChI=1S/C30H50N2O/c1-8-22-10-9-11-25(27(22)31)29(33)32-28(19(2)3)21(5)24-16-17-26(30(6,7)18-24)23-14-12-20(4)13-15-23/h12-15,19,21,24-26,28-29,32-33H,8-11,16-18,31H2,1-7H3/t21-,24?,25?,26?,28+,29?/m0/s1. The molecule has 3 nitrogen and oxygen atoms in total. The number of hydrogen-bond donors (Lipinski definition) is 3. The molecular formula is C30H50N2O. The Hall–Kier alpha value is -1.32. The predicted octanol–water partition coefficient (Wildman–Crippen LogP) is 6.90. The number of nitrogens with one attached hydrogen (secondary N) is 1. The maximum Gasteiger partial charge on any atom is 0.113 e. The molecule has 3 heteroatoms. The number of aryl methyl sites for hydroxylation is 1. The molecule has 0 aromatic heterocycles. The number of aliphatic hydroxyl groups excluding tert-OH is 1. The minimum absolute atomic E-state index is 0.0517. The van der Waals surface area contributed by atoms with Gasteiger partial charge in [-0.1, -0.05) is 76.9 Å². The Morgan fingerprint density at radius 2 is 1.76 bits per heavy atom. The van der Waals surface area contributed by atoms with Gasteiger partial charge in [0, 0.05) is 17.7 Å². The molecule has 1 fully saturated rings. The van der Waals surface area contributed by atoms with E-state index < -0.39 is 6.23 Å². The molecule has 186 valence electrons. The van der Waals surface area contributed by atoms with Crippen molar-refractivity contribution in [1.29, 1.82) is 0 Å². The highest BCUT2D eigenvalue weighted by molar-refractivity contribution is 5.26. The summed E-state index contributed by atoms with van der Waals surface area (Å²) in [5.41, 5.74) is 11.9. The molecule has 33 heavy (non-hydrogen) atoms. The zero-order valence-electron chi connectivity index (χ0n) is 22.3. The van der Waals surface area contributed by atoms with E-state index in [1.807, 2.05) is 0 Å². The molecular weight excluding hydrogens is 404 g/mol. The van der Waals surface area contributed by atoms with Gasteiger partial charge in [0.2, 0.25) is 0 Å². The van der Waals surface area contributed by atoms with E-state index in [1.54, 1.807) is 0 Å².